The van der Waals surface area contributed by atoms with Crippen LogP contribution in [0.5, 0.6) is 0 Å². The van der Waals surface area contributed by atoms with Gasteiger partial charge in [0.05, 0.1) is 5.69 Å². The molecule has 0 amide bonds. The molecule has 17 heavy (non-hydrogen) atoms. The third-order valence-corrected chi connectivity index (χ3v) is 2.42. The van der Waals surface area contributed by atoms with Crippen molar-refractivity contribution < 1.29 is 5.21 Å². The second-order valence-electron chi connectivity index (χ2n) is 3.51. The van der Waals surface area contributed by atoms with Crippen LogP contribution >= 0.6 is 0 Å². The molecule has 0 saturated carbocycles. The van der Waals surface area contributed by atoms with Gasteiger partial charge in [0, 0.05) is 18.2 Å². The van der Waals surface area contributed by atoms with E-state index in [0.717, 1.165) is 12.0 Å². The van der Waals surface area contributed by atoms with Crippen LogP contribution in [0.1, 0.15) is 17.0 Å². The Morgan fingerprint density at radius 1 is 1.41 bits per heavy atom. The van der Waals surface area contributed by atoms with Crippen molar-refractivity contribution in [1.82, 2.24) is 20.6 Å². The molecule has 88 valence electrons. The van der Waals surface area contributed by atoms with Crippen LogP contribution in [0.3, 0.4) is 0 Å². The molecule has 0 atom stereocenters. The molecule has 2 aromatic rings. The second-order valence-corrected chi connectivity index (χ2v) is 3.51. The van der Waals surface area contributed by atoms with Crippen LogP contribution in [0.4, 0.5) is 5.69 Å². The van der Waals surface area contributed by atoms with Gasteiger partial charge in [-0.25, -0.2) is 0 Å². The molecule has 0 aliphatic rings. The Balaban J connectivity index is 2.08. The Morgan fingerprint density at radius 2 is 2.29 bits per heavy atom. The summed E-state index contributed by atoms with van der Waals surface area (Å²) in [5.74, 6) is 0.658. The molecule has 0 radical (unpaired) electrons. The summed E-state index contributed by atoms with van der Waals surface area (Å²) in [6, 6.07) is 5.45. The monoisotopic (exact) mass is 232 g/mol. The van der Waals surface area contributed by atoms with Crippen molar-refractivity contribution in [2.75, 3.05) is 5.48 Å². The zero-order valence-electron chi connectivity index (χ0n) is 9.01. The lowest BCUT2D eigenvalue weighted by Gasteiger charge is -2.06. The molecule has 2 rings (SSSR count). The number of rotatable bonds is 5. The first-order chi connectivity index (χ1) is 8.33. The highest BCUT2D eigenvalue weighted by Gasteiger charge is 2.03. The highest BCUT2D eigenvalue weighted by molar-refractivity contribution is 5.85. The summed E-state index contributed by atoms with van der Waals surface area (Å²) in [5.41, 5.74) is 4.25. The summed E-state index contributed by atoms with van der Waals surface area (Å²) in [6.07, 6.45) is 2.63. The van der Waals surface area contributed by atoms with Gasteiger partial charge in [-0.3, -0.25) is 10.7 Å². The van der Waals surface area contributed by atoms with E-state index in [1.807, 2.05) is 12.1 Å². The summed E-state index contributed by atoms with van der Waals surface area (Å²) in [7, 11) is 0. The fraction of sp³-hybridized carbons (Fsp3) is 0.200. The number of nitrogens with zero attached hydrogens (tertiary/aromatic N) is 3. The smallest absolute Gasteiger partial charge is 0.174 e. The zero-order chi connectivity index (χ0) is 12.1. The van der Waals surface area contributed by atoms with Crippen molar-refractivity contribution in [3.8, 4) is 0 Å². The number of hydrogen-bond donors (Lipinski definition) is 4. The first kappa shape index (κ1) is 11.2. The fourth-order valence-electron chi connectivity index (χ4n) is 1.53. The minimum absolute atomic E-state index is 0.517. The Kier molecular flexibility index (Phi) is 3.41. The molecule has 7 nitrogen and oxygen atoms in total. The number of tetrazole rings is 1. The third kappa shape index (κ3) is 2.64. The lowest BCUT2D eigenvalue weighted by Crippen LogP contribution is -1.99. The van der Waals surface area contributed by atoms with E-state index in [2.05, 4.69) is 26.1 Å². The predicted molar refractivity (Wildman–Crippen MR) is 61.3 cm³/mol. The fourth-order valence-corrected chi connectivity index (χ4v) is 1.53. The zero-order valence-corrected chi connectivity index (χ0v) is 9.01. The summed E-state index contributed by atoms with van der Waals surface area (Å²) in [6.45, 7) is 0. The van der Waals surface area contributed by atoms with Crippen LogP contribution < -0.4 is 5.48 Å². The average molecular weight is 232 g/mol. The number of aromatic nitrogens is 4. The van der Waals surface area contributed by atoms with Crippen LogP contribution in [-0.2, 0) is 12.8 Å². The molecular formula is C10H12N6O. The van der Waals surface area contributed by atoms with E-state index in [-0.39, 0.29) is 0 Å². The summed E-state index contributed by atoms with van der Waals surface area (Å²) in [4.78, 5) is 0. The second kappa shape index (κ2) is 5.17. The molecule has 0 bridgehead atoms. The first-order valence-electron chi connectivity index (χ1n) is 5.09. The quantitative estimate of drug-likeness (QED) is 0.450. The van der Waals surface area contributed by atoms with Gasteiger partial charge in [0.2, 0.25) is 0 Å². The summed E-state index contributed by atoms with van der Waals surface area (Å²) >= 11 is 0. The van der Waals surface area contributed by atoms with Gasteiger partial charge in [-0.05, 0) is 24.1 Å². The SMILES string of the molecule is N=Cc1cc(CCc2nn[nH]n2)ccc1NO. The Labute approximate surface area is 97.3 Å². The average Bonchev–Trinajstić information content (AvgIpc) is 2.89. The van der Waals surface area contributed by atoms with Crippen molar-refractivity contribution in [1.29, 1.82) is 5.41 Å². The van der Waals surface area contributed by atoms with Crippen molar-refractivity contribution >= 4 is 11.9 Å². The third-order valence-electron chi connectivity index (χ3n) is 2.42. The molecule has 7 heteroatoms. The van der Waals surface area contributed by atoms with E-state index in [1.165, 1.54) is 6.21 Å². The van der Waals surface area contributed by atoms with Gasteiger partial charge in [0.15, 0.2) is 5.82 Å². The molecule has 1 heterocycles. The number of hydrogen-bond acceptors (Lipinski definition) is 6. The molecule has 0 saturated heterocycles. The van der Waals surface area contributed by atoms with E-state index in [4.69, 9.17) is 10.6 Å². The van der Waals surface area contributed by atoms with Gasteiger partial charge < -0.3 is 5.41 Å². The van der Waals surface area contributed by atoms with Crippen LogP contribution in [-0.4, -0.2) is 32.0 Å². The Bertz CT molecular complexity index is 496. The summed E-state index contributed by atoms with van der Waals surface area (Å²) in [5, 5.41) is 29.7. The number of nitrogens with one attached hydrogen (secondary N) is 3. The molecule has 1 aromatic carbocycles. The maximum atomic E-state index is 8.83. The lowest BCUT2D eigenvalue weighted by molar-refractivity contribution is 0.389. The van der Waals surface area contributed by atoms with Crippen molar-refractivity contribution in [3.63, 3.8) is 0 Å². The highest BCUT2D eigenvalue weighted by Crippen LogP contribution is 2.16. The van der Waals surface area contributed by atoms with E-state index in [9.17, 15) is 0 Å². The minimum atomic E-state index is 0.517. The molecule has 0 spiro atoms. The Hall–Kier alpha value is -2.28. The lowest BCUT2D eigenvalue weighted by atomic mass is 10.1. The normalized spacial score (nSPS) is 10.2. The molecule has 0 fully saturated rings. The molecular weight excluding hydrogens is 220 g/mol. The van der Waals surface area contributed by atoms with Gasteiger partial charge in [0.25, 0.3) is 0 Å². The van der Waals surface area contributed by atoms with Crippen molar-refractivity contribution in [2.45, 2.75) is 12.8 Å². The van der Waals surface area contributed by atoms with Gasteiger partial charge in [0.1, 0.15) is 0 Å². The topological polar surface area (TPSA) is 111 Å². The van der Waals surface area contributed by atoms with Crippen LogP contribution in [0.15, 0.2) is 18.2 Å². The van der Waals surface area contributed by atoms with Crippen LogP contribution in [0, 0.1) is 5.41 Å². The standard InChI is InChI=1S/C10H12N6O/c11-6-8-5-7(1-3-9(8)14-17)2-4-10-12-15-16-13-10/h1,3,5-6,11,14,17H,2,4H2,(H,12,13,15,16). The van der Waals surface area contributed by atoms with E-state index < -0.39 is 0 Å². The van der Waals surface area contributed by atoms with Crippen LogP contribution in [0.2, 0.25) is 0 Å². The maximum absolute atomic E-state index is 8.83. The van der Waals surface area contributed by atoms with E-state index in [1.54, 1.807) is 6.07 Å². The number of benzene rings is 1. The molecule has 1 aromatic heterocycles. The maximum Gasteiger partial charge on any atom is 0.174 e. The number of aromatic amines is 1. The number of anilines is 1. The van der Waals surface area contributed by atoms with Gasteiger partial charge in [-0.15, -0.1) is 10.2 Å². The molecule has 0 unspecified atom stereocenters. The Morgan fingerprint density at radius 3 is 2.94 bits per heavy atom. The molecule has 0 aliphatic heterocycles. The van der Waals surface area contributed by atoms with E-state index >= 15 is 0 Å². The summed E-state index contributed by atoms with van der Waals surface area (Å²) < 4.78 is 0. The van der Waals surface area contributed by atoms with Crippen molar-refractivity contribution in [2.24, 2.45) is 0 Å². The van der Waals surface area contributed by atoms with E-state index in [0.29, 0.717) is 23.5 Å². The van der Waals surface area contributed by atoms with Crippen LogP contribution in [0.25, 0.3) is 0 Å². The predicted octanol–water partition coefficient (Wildman–Crippen LogP) is 0.784. The van der Waals surface area contributed by atoms with Crippen molar-refractivity contribution in [3.05, 3.63) is 35.2 Å². The molecule has 0 aliphatic carbocycles. The largest absolute Gasteiger partial charge is 0.308 e. The van der Waals surface area contributed by atoms with Gasteiger partial charge in [-0.2, -0.15) is 5.21 Å². The number of aryl methyl sites for hydroxylation is 2. The molecule has 4 N–H and O–H groups in total. The first-order valence-corrected chi connectivity index (χ1v) is 5.09. The highest BCUT2D eigenvalue weighted by atomic mass is 16.5. The van der Waals surface area contributed by atoms with Gasteiger partial charge >= 0.3 is 0 Å². The van der Waals surface area contributed by atoms with Gasteiger partial charge in [-0.1, -0.05) is 11.3 Å². The minimum Gasteiger partial charge on any atom is -0.308 e. The number of H-pyrrole nitrogens is 1.